The molecule has 2 heterocycles. The van der Waals surface area contributed by atoms with Crippen LogP contribution in [0.3, 0.4) is 0 Å². The van der Waals surface area contributed by atoms with Gasteiger partial charge >= 0.3 is 0 Å². The fourth-order valence-corrected chi connectivity index (χ4v) is 3.77. The Morgan fingerprint density at radius 3 is 2.75 bits per heavy atom. The van der Waals surface area contributed by atoms with Gasteiger partial charge in [0.05, 0.1) is 0 Å². The molecule has 1 saturated carbocycles. The predicted molar refractivity (Wildman–Crippen MR) is 114 cm³/mol. The maximum absolute atomic E-state index is 12.4. The van der Waals surface area contributed by atoms with Crippen molar-refractivity contribution in [2.45, 2.75) is 39.0 Å². The molecule has 142 valence electrons. The molecular weight excluding hydrogens is 348 g/mol. The largest absolute Gasteiger partial charge is 0.398 e. The molecule has 1 aliphatic carbocycles. The van der Waals surface area contributed by atoms with Gasteiger partial charge in [0.25, 0.3) is 0 Å². The van der Waals surface area contributed by atoms with E-state index in [0.717, 1.165) is 40.3 Å². The van der Waals surface area contributed by atoms with Gasteiger partial charge in [0.1, 0.15) is 5.82 Å². The number of nitrogens with one attached hydrogen (secondary N) is 1. The number of hydrogen-bond acceptors (Lipinski definition) is 4. The third-order valence-corrected chi connectivity index (χ3v) is 5.30. The highest BCUT2D eigenvalue weighted by atomic mass is 16.1. The second-order valence-electron chi connectivity index (χ2n) is 7.40. The van der Waals surface area contributed by atoms with Gasteiger partial charge in [-0.15, -0.1) is 0 Å². The quantitative estimate of drug-likeness (QED) is 0.500. The van der Waals surface area contributed by atoms with Crippen LogP contribution in [0.15, 0.2) is 54.5 Å². The lowest BCUT2D eigenvalue weighted by Gasteiger charge is -2.13. The number of benzene rings is 1. The van der Waals surface area contributed by atoms with E-state index in [-0.39, 0.29) is 5.91 Å². The van der Waals surface area contributed by atoms with Gasteiger partial charge in [-0.3, -0.25) is 9.78 Å². The molecule has 28 heavy (non-hydrogen) atoms. The van der Waals surface area contributed by atoms with Crippen LogP contribution in [-0.4, -0.2) is 15.9 Å². The van der Waals surface area contributed by atoms with Crippen molar-refractivity contribution >= 4 is 28.2 Å². The average Bonchev–Trinajstić information content (AvgIpc) is 2.68. The van der Waals surface area contributed by atoms with Crippen LogP contribution >= 0.6 is 0 Å². The molecule has 0 bridgehead atoms. The number of carbonyl (C=O) groups is 1. The van der Waals surface area contributed by atoms with Gasteiger partial charge in [-0.1, -0.05) is 12.0 Å². The summed E-state index contributed by atoms with van der Waals surface area (Å²) in [6.07, 6.45) is 12.7. The van der Waals surface area contributed by atoms with Crippen molar-refractivity contribution in [3.05, 3.63) is 60.1 Å². The zero-order valence-electron chi connectivity index (χ0n) is 16.0. The zero-order valence-corrected chi connectivity index (χ0v) is 16.0. The third-order valence-electron chi connectivity index (χ3n) is 5.30. The van der Waals surface area contributed by atoms with Gasteiger partial charge in [0.2, 0.25) is 5.91 Å². The Morgan fingerprint density at radius 2 is 1.96 bits per heavy atom. The Kier molecular flexibility index (Phi) is 5.06. The van der Waals surface area contributed by atoms with Gasteiger partial charge in [-0.2, -0.15) is 0 Å². The van der Waals surface area contributed by atoms with Crippen molar-refractivity contribution in [1.82, 2.24) is 9.97 Å². The molecule has 0 unspecified atom stereocenters. The lowest BCUT2D eigenvalue weighted by atomic mass is 9.94. The molecule has 0 spiro atoms. The van der Waals surface area contributed by atoms with Gasteiger partial charge in [-0.05, 0) is 73.4 Å². The lowest BCUT2D eigenvalue weighted by molar-refractivity contribution is -0.112. The van der Waals surface area contributed by atoms with Crippen molar-refractivity contribution in [3.8, 4) is 11.1 Å². The van der Waals surface area contributed by atoms with E-state index in [2.05, 4.69) is 21.4 Å². The molecule has 3 aromatic rings. The predicted octanol–water partition coefficient (Wildman–Crippen LogP) is 5.02. The number of rotatable bonds is 3. The molecule has 5 nitrogen and oxygen atoms in total. The van der Waals surface area contributed by atoms with Crippen molar-refractivity contribution < 1.29 is 4.79 Å². The van der Waals surface area contributed by atoms with Crippen molar-refractivity contribution in [2.75, 3.05) is 11.1 Å². The fourth-order valence-electron chi connectivity index (χ4n) is 3.77. The van der Waals surface area contributed by atoms with Crippen LogP contribution in [-0.2, 0) is 4.79 Å². The molecule has 0 saturated heterocycles. The Hall–Kier alpha value is -3.21. The number of pyridine rings is 2. The Labute approximate surface area is 164 Å². The van der Waals surface area contributed by atoms with Crippen LogP contribution in [0.5, 0.6) is 0 Å². The molecule has 0 aliphatic heterocycles. The summed E-state index contributed by atoms with van der Waals surface area (Å²) in [6.45, 7) is 2.05. The Morgan fingerprint density at radius 1 is 1.14 bits per heavy atom. The highest BCUT2D eigenvalue weighted by Crippen LogP contribution is 2.31. The first-order valence-corrected chi connectivity index (χ1v) is 9.71. The highest BCUT2D eigenvalue weighted by molar-refractivity contribution is 6.02. The number of amides is 1. The first kappa shape index (κ1) is 18.2. The minimum absolute atomic E-state index is 0.115. The van der Waals surface area contributed by atoms with Gasteiger partial charge < -0.3 is 11.1 Å². The van der Waals surface area contributed by atoms with Gasteiger partial charge in [0, 0.05) is 41.3 Å². The fraction of sp³-hybridized carbons (Fsp3) is 0.261. The summed E-state index contributed by atoms with van der Waals surface area (Å²) in [5.41, 5.74) is 11.3. The first-order chi connectivity index (χ1) is 13.6. The van der Waals surface area contributed by atoms with E-state index in [1.165, 1.54) is 24.8 Å². The summed E-state index contributed by atoms with van der Waals surface area (Å²) in [5.74, 6) is 0.417. The van der Waals surface area contributed by atoms with Crippen molar-refractivity contribution in [2.24, 2.45) is 0 Å². The van der Waals surface area contributed by atoms with E-state index in [0.29, 0.717) is 11.5 Å². The molecule has 0 atom stereocenters. The SMILES string of the molecule is Cc1ccncc1-c1cc(N)c2cnc(NC(=O)C=C3CCCCC3)cc2c1. The summed E-state index contributed by atoms with van der Waals surface area (Å²) >= 11 is 0. The van der Waals surface area contributed by atoms with Crippen LogP contribution in [0.4, 0.5) is 11.5 Å². The van der Waals surface area contributed by atoms with Crippen LogP contribution in [0.1, 0.15) is 37.7 Å². The minimum Gasteiger partial charge on any atom is -0.398 e. The summed E-state index contributed by atoms with van der Waals surface area (Å²) in [4.78, 5) is 21.0. The molecular formula is C23H24N4O. The van der Waals surface area contributed by atoms with E-state index >= 15 is 0 Å². The van der Waals surface area contributed by atoms with E-state index in [9.17, 15) is 4.79 Å². The van der Waals surface area contributed by atoms with E-state index in [4.69, 9.17) is 5.73 Å². The zero-order chi connectivity index (χ0) is 19.5. The second kappa shape index (κ2) is 7.80. The normalized spacial score (nSPS) is 14.1. The van der Waals surface area contributed by atoms with Crippen LogP contribution in [0.2, 0.25) is 0 Å². The number of fused-ring (bicyclic) bond motifs is 1. The summed E-state index contributed by atoms with van der Waals surface area (Å²) < 4.78 is 0. The minimum atomic E-state index is -0.115. The number of aryl methyl sites for hydroxylation is 1. The number of hydrogen-bond donors (Lipinski definition) is 2. The molecule has 5 heteroatoms. The number of nitrogens with zero attached hydrogens (tertiary/aromatic N) is 2. The average molecular weight is 372 g/mol. The maximum atomic E-state index is 12.4. The summed E-state index contributed by atoms with van der Waals surface area (Å²) in [5, 5.41) is 4.70. The summed E-state index contributed by atoms with van der Waals surface area (Å²) in [7, 11) is 0. The lowest BCUT2D eigenvalue weighted by Crippen LogP contribution is -2.11. The standard InChI is InChI=1S/C23H24N4O/c1-15-7-8-25-13-19(15)17-10-18-12-22(26-14-20(18)21(24)11-17)27-23(28)9-16-5-3-2-4-6-16/h7-14H,2-6,24H2,1H3,(H,26,27,28). The second-order valence-corrected chi connectivity index (χ2v) is 7.40. The smallest absolute Gasteiger partial charge is 0.249 e. The number of allylic oxidation sites excluding steroid dienone is 1. The third kappa shape index (κ3) is 3.88. The topological polar surface area (TPSA) is 80.9 Å². The van der Waals surface area contributed by atoms with E-state index < -0.39 is 0 Å². The first-order valence-electron chi connectivity index (χ1n) is 9.71. The molecule has 1 aromatic carbocycles. The monoisotopic (exact) mass is 372 g/mol. The van der Waals surface area contributed by atoms with Gasteiger partial charge in [0.15, 0.2) is 0 Å². The van der Waals surface area contributed by atoms with E-state index in [1.54, 1.807) is 18.5 Å². The molecule has 1 aliphatic rings. The van der Waals surface area contributed by atoms with Crippen LogP contribution < -0.4 is 11.1 Å². The molecule has 4 rings (SSSR count). The molecule has 1 fully saturated rings. The van der Waals surface area contributed by atoms with Gasteiger partial charge in [-0.25, -0.2) is 4.98 Å². The van der Waals surface area contributed by atoms with E-state index in [1.807, 2.05) is 31.3 Å². The number of carbonyl (C=O) groups excluding carboxylic acids is 1. The molecule has 1 amide bonds. The molecule has 2 aromatic heterocycles. The Bertz CT molecular complexity index is 1060. The van der Waals surface area contributed by atoms with Crippen LogP contribution in [0.25, 0.3) is 21.9 Å². The Balaban J connectivity index is 1.64. The van der Waals surface area contributed by atoms with Crippen molar-refractivity contribution in [1.29, 1.82) is 0 Å². The van der Waals surface area contributed by atoms with Crippen LogP contribution in [0, 0.1) is 6.92 Å². The number of nitrogen functional groups attached to an aromatic ring is 1. The summed E-state index contributed by atoms with van der Waals surface area (Å²) in [6, 6.07) is 7.86. The van der Waals surface area contributed by atoms with Crippen molar-refractivity contribution in [3.63, 3.8) is 0 Å². The number of anilines is 2. The number of aromatic nitrogens is 2. The highest BCUT2D eigenvalue weighted by Gasteiger charge is 2.10. The number of nitrogens with two attached hydrogens (primary N) is 1. The molecule has 3 N–H and O–H groups in total. The molecule has 0 radical (unpaired) electrons. The maximum Gasteiger partial charge on any atom is 0.249 e.